The molecule has 0 saturated heterocycles. The van der Waals surface area contributed by atoms with Gasteiger partial charge in [-0.1, -0.05) is 67.6 Å². The van der Waals surface area contributed by atoms with Crippen LogP contribution in [0.5, 0.6) is 0 Å². The molecule has 0 spiro atoms. The van der Waals surface area contributed by atoms with Crippen LogP contribution in [0.25, 0.3) is 0 Å². The first-order chi connectivity index (χ1) is 13.6. The quantitative estimate of drug-likeness (QED) is 0.575. The number of amides is 3. The van der Waals surface area contributed by atoms with Gasteiger partial charge in [0.1, 0.15) is 6.04 Å². The Morgan fingerprint density at radius 3 is 2.29 bits per heavy atom. The fourth-order valence-electron chi connectivity index (χ4n) is 3.20. The van der Waals surface area contributed by atoms with Gasteiger partial charge in [-0.15, -0.1) is 11.3 Å². The third-order valence-electron chi connectivity index (χ3n) is 4.67. The zero-order valence-corrected chi connectivity index (χ0v) is 16.5. The second-order valence-electron chi connectivity index (χ2n) is 6.52. The van der Waals surface area contributed by atoms with Crippen molar-refractivity contribution in [3.63, 3.8) is 0 Å². The molecule has 3 amide bonds. The van der Waals surface area contributed by atoms with Crippen LogP contribution < -0.4 is 16.4 Å². The van der Waals surface area contributed by atoms with Crippen LogP contribution in [0, 0.1) is 0 Å². The summed E-state index contributed by atoms with van der Waals surface area (Å²) in [6.07, 6.45) is 0.974. The van der Waals surface area contributed by atoms with Crippen molar-refractivity contribution in [3.05, 3.63) is 93.7 Å². The molecular weight excluding hydrogens is 370 g/mol. The van der Waals surface area contributed by atoms with E-state index in [0.29, 0.717) is 0 Å². The van der Waals surface area contributed by atoms with Crippen LogP contribution in [0.3, 0.4) is 0 Å². The number of hydrogen-bond acceptors (Lipinski definition) is 3. The summed E-state index contributed by atoms with van der Waals surface area (Å²) >= 11 is 1.64. The maximum absolute atomic E-state index is 12.8. The first kappa shape index (κ1) is 19.8. The maximum atomic E-state index is 12.8. The van der Waals surface area contributed by atoms with E-state index >= 15 is 0 Å². The molecule has 0 unspecified atom stereocenters. The summed E-state index contributed by atoms with van der Waals surface area (Å²) in [6.45, 7) is 2.12. The smallest absolute Gasteiger partial charge is 0.319 e. The lowest BCUT2D eigenvalue weighted by molar-refractivity contribution is -0.713. The number of quaternary nitrogens is 1. The predicted molar refractivity (Wildman–Crippen MR) is 111 cm³/mol. The van der Waals surface area contributed by atoms with E-state index in [-0.39, 0.29) is 6.04 Å². The maximum Gasteiger partial charge on any atom is 0.319 e. The molecule has 0 aliphatic carbocycles. The molecule has 3 rings (SSSR count). The summed E-state index contributed by atoms with van der Waals surface area (Å²) < 4.78 is 0. The minimum atomic E-state index is -0.848. The van der Waals surface area contributed by atoms with Gasteiger partial charge in [0, 0.05) is 11.1 Å². The highest BCUT2D eigenvalue weighted by Gasteiger charge is 2.31. The average Bonchev–Trinajstić information content (AvgIpc) is 3.23. The molecule has 0 fully saturated rings. The number of nitrogens with one attached hydrogen (secondary N) is 1. The number of benzene rings is 2. The van der Waals surface area contributed by atoms with Crippen molar-refractivity contribution < 1.29 is 14.9 Å². The number of primary amides is 1. The standard InChI is InChI=1S/C22H23N3O2S/c1-2-15-10-12-17(13-11-15)19(18-9-6-14-28-18)24-20(21(26)25-22(23)27)16-7-4-3-5-8-16/h3-14,19-20,24H,2H2,1H3,(H3,23,25,26,27)/p+1/t19-,20-/m1/s1. The van der Waals surface area contributed by atoms with Gasteiger partial charge in [-0.2, -0.15) is 0 Å². The number of nitrogens with two attached hydrogens (primary N) is 2. The molecule has 6 heteroatoms. The molecule has 5 nitrogen and oxygen atoms in total. The van der Waals surface area contributed by atoms with Crippen LogP contribution in [-0.4, -0.2) is 11.9 Å². The van der Waals surface area contributed by atoms with Gasteiger partial charge < -0.3 is 11.1 Å². The molecule has 1 aromatic heterocycles. The molecule has 5 N–H and O–H groups in total. The molecule has 0 radical (unpaired) electrons. The SMILES string of the molecule is CCc1ccc([C@@H]([NH2+][C@@H](C(=O)NC(N)=O)c2ccccc2)c2cccs2)cc1. The lowest BCUT2D eigenvalue weighted by Gasteiger charge is -2.22. The first-order valence-corrected chi connectivity index (χ1v) is 10.1. The van der Waals surface area contributed by atoms with Crippen molar-refractivity contribution in [2.24, 2.45) is 5.73 Å². The van der Waals surface area contributed by atoms with E-state index in [9.17, 15) is 9.59 Å². The van der Waals surface area contributed by atoms with Crippen molar-refractivity contribution in [1.29, 1.82) is 0 Å². The van der Waals surface area contributed by atoms with Crippen molar-refractivity contribution in [1.82, 2.24) is 5.32 Å². The van der Waals surface area contributed by atoms with Gasteiger partial charge in [-0.25, -0.2) is 4.79 Å². The fourth-order valence-corrected chi connectivity index (χ4v) is 4.03. The number of thiophene rings is 1. The summed E-state index contributed by atoms with van der Waals surface area (Å²) in [7, 11) is 0. The molecule has 2 aromatic carbocycles. The summed E-state index contributed by atoms with van der Waals surface area (Å²) in [5.41, 5.74) is 8.38. The van der Waals surface area contributed by atoms with Gasteiger partial charge in [0.2, 0.25) is 0 Å². The van der Waals surface area contributed by atoms with Crippen LogP contribution in [0.1, 0.15) is 40.6 Å². The molecule has 1 heterocycles. The Hall–Kier alpha value is -2.96. The Morgan fingerprint density at radius 2 is 1.71 bits per heavy atom. The van der Waals surface area contributed by atoms with Crippen LogP contribution in [0.4, 0.5) is 4.79 Å². The van der Waals surface area contributed by atoms with Gasteiger partial charge >= 0.3 is 6.03 Å². The topological polar surface area (TPSA) is 88.8 Å². The molecule has 0 aliphatic heterocycles. The van der Waals surface area contributed by atoms with Gasteiger partial charge in [-0.05, 0) is 23.4 Å². The van der Waals surface area contributed by atoms with Crippen LogP contribution >= 0.6 is 11.3 Å². The van der Waals surface area contributed by atoms with Gasteiger partial charge in [0.05, 0.1) is 4.88 Å². The summed E-state index contributed by atoms with van der Waals surface area (Å²) in [5.74, 6) is -0.426. The minimum absolute atomic E-state index is 0.0743. The van der Waals surface area contributed by atoms with E-state index in [1.807, 2.05) is 47.1 Å². The first-order valence-electron chi connectivity index (χ1n) is 9.21. The van der Waals surface area contributed by atoms with E-state index in [4.69, 9.17) is 5.73 Å². The van der Waals surface area contributed by atoms with Crippen molar-refractivity contribution in [2.45, 2.75) is 25.4 Å². The largest absolute Gasteiger partial charge is 0.351 e. The van der Waals surface area contributed by atoms with Crippen molar-refractivity contribution in [3.8, 4) is 0 Å². The van der Waals surface area contributed by atoms with Gasteiger partial charge in [0.15, 0.2) is 6.04 Å². The number of imide groups is 1. The number of hydrogen-bond donors (Lipinski definition) is 3. The Balaban J connectivity index is 1.97. The molecule has 0 bridgehead atoms. The van der Waals surface area contributed by atoms with E-state index in [1.165, 1.54) is 5.56 Å². The molecule has 144 valence electrons. The van der Waals surface area contributed by atoms with E-state index < -0.39 is 18.0 Å². The van der Waals surface area contributed by atoms with Crippen molar-refractivity contribution in [2.75, 3.05) is 0 Å². The van der Waals surface area contributed by atoms with Crippen LogP contribution in [-0.2, 0) is 11.2 Å². The number of urea groups is 1. The molecule has 0 saturated carbocycles. The lowest BCUT2D eigenvalue weighted by Crippen LogP contribution is -2.88. The van der Waals surface area contributed by atoms with E-state index in [0.717, 1.165) is 22.4 Å². The van der Waals surface area contributed by atoms with Gasteiger partial charge in [0.25, 0.3) is 5.91 Å². The number of carbonyl (C=O) groups excluding carboxylic acids is 2. The second-order valence-corrected chi connectivity index (χ2v) is 7.50. The Kier molecular flexibility index (Phi) is 6.57. The molecule has 3 aromatic rings. The van der Waals surface area contributed by atoms with E-state index in [2.05, 4.69) is 42.6 Å². The zero-order chi connectivity index (χ0) is 19.9. The predicted octanol–water partition coefficient (Wildman–Crippen LogP) is 2.90. The van der Waals surface area contributed by atoms with Crippen LogP contribution in [0.2, 0.25) is 0 Å². The molecular formula is C22H24N3O2S+. The normalized spacial score (nSPS) is 12.9. The average molecular weight is 395 g/mol. The molecule has 28 heavy (non-hydrogen) atoms. The van der Waals surface area contributed by atoms with E-state index in [1.54, 1.807) is 11.3 Å². The lowest BCUT2D eigenvalue weighted by atomic mass is 9.99. The molecule has 0 aliphatic rings. The number of carbonyl (C=O) groups is 2. The Bertz CT molecular complexity index is 909. The van der Waals surface area contributed by atoms with Gasteiger partial charge in [-0.3, -0.25) is 10.1 Å². The summed E-state index contributed by atoms with van der Waals surface area (Å²) in [5, 5.41) is 6.25. The monoisotopic (exact) mass is 394 g/mol. The zero-order valence-electron chi connectivity index (χ0n) is 15.7. The van der Waals surface area contributed by atoms with Crippen LogP contribution in [0.15, 0.2) is 72.1 Å². The summed E-state index contributed by atoms with van der Waals surface area (Å²) in [4.78, 5) is 25.2. The highest BCUT2D eigenvalue weighted by molar-refractivity contribution is 7.10. The second kappa shape index (κ2) is 9.30. The highest BCUT2D eigenvalue weighted by atomic mass is 32.1. The highest BCUT2D eigenvalue weighted by Crippen LogP contribution is 2.25. The Morgan fingerprint density at radius 1 is 1.00 bits per heavy atom. The Labute approximate surface area is 168 Å². The number of rotatable bonds is 7. The third-order valence-corrected chi connectivity index (χ3v) is 5.62. The summed E-state index contributed by atoms with van der Waals surface area (Å²) in [6, 6.07) is 20.4. The minimum Gasteiger partial charge on any atom is -0.351 e. The number of aryl methyl sites for hydroxylation is 1. The molecule has 2 atom stereocenters. The third kappa shape index (κ3) is 4.85. The fraction of sp³-hybridized carbons (Fsp3) is 0.182. The van der Waals surface area contributed by atoms with Crippen molar-refractivity contribution >= 4 is 23.3 Å².